The van der Waals surface area contributed by atoms with Gasteiger partial charge in [0.2, 0.25) is 0 Å². The van der Waals surface area contributed by atoms with Gasteiger partial charge in [0.05, 0.1) is 0 Å². The van der Waals surface area contributed by atoms with E-state index in [9.17, 15) is 4.39 Å². The summed E-state index contributed by atoms with van der Waals surface area (Å²) >= 11 is 0. The average Bonchev–Trinajstić information content (AvgIpc) is 2.10. The third kappa shape index (κ3) is 1.79. The van der Waals surface area contributed by atoms with Crippen LogP contribution in [0.5, 0.6) is 0 Å². The van der Waals surface area contributed by atoms with Gasteiger partial charge in [-0.25, -0.2) is 4.39 Å². The number of hydrogen-bond donors (Lipinski definition) is 2. The molecule has 0 bridgehead atoms. The first-order valence-corrected chi connectivity index (χ1v) is 3.45. The van der Waals surface area contributed by atoms with Crippen molar-refractivity contribution in [3.8, 4) is 0 Å². The number of oxime groups is 1. The van der Waals surface area contributed by atoms with Gasteiger partial charge in [-0.2, -0.15) is 0 Å². The maximum absolute atomic E-state index is 12.4. The summed E-state index contributed by atoms with van der Waals surface area (Å²) in [5.74, 6) is -0.326. The monoisotopic (exact) mass is 168 g/mol. The zero-order chi connectivity index (χ0) is 8.97. The number of benzene rings is 1. The summed E-state index contributed by atoms with van der Waals surface area (Å²) in [6.45, 7) is 0.127. The predicted molar refractivity (Wildman–Crippen MR) is 43.8 cm³/mol. The van der Waals surface area contributed by atoms with Gasteiger partial charge < -0.3 is 10.9 Å². The van der Waals surface area contributed by atoms with Crippen LogP contribution in [0.4, 0.5) is 4.39 Å². The third-order valence-corrected chi connectivity index (χ3v) is 1.49. The van der Waals surface area contributed by atoms with Crippen LogP contribution in [0.3, 0.4) is 0 Å². The molecule has 0 atom stereocenters. The minimum absolute atomic E-state index is 0.127. The number of hydrogen-bond acceptors (Lipinski definition) is 3. The molecule has 12 heavy (non-hydrogen) atoms. The number of nitrogens with two attached hydrogens (primary N) is 1. The van der Waals surface area contributed by atoms with E-state index in [4.69, 9.17) is 10.9 Å². The highest BCUT2D eigenvalue weighted by Crippen LogP contribution is 2.03. The Morgan fingerprint density at radius 1 is 1.42 bits per heavy atom. The van der Waals surface area contributed by atoms with Crippen LogP contribution in [0.25, 0.3) is 0 Å². The normalized spacial score (nSPS) is 11.7. The van der Waals surface area contributed by atoms with E-state index in [-0.39, 0.29) is 12.4 Å². The van der Waals surface area contributed by atoms with Crippen molar-refractivity contribution >= 4 is 5.71 Å². The van der Waals surface area contributed by atoms with Gasteiger partial charge in [0.15, 0.2) is 0 Å². The van der Waals surface area contributed by atoms with E-state index in [0.717, 1.165) is 0 Å². The fourth-order valence-electron chi connectivity index (χ4n) is 0.859. The molecule has 3 N–H and O–H groups in total. The molecule has 3 nitrogen and oxygen atoms in total. The molecule has 1 rings (SSSR count). The first-order valence-electron chi connectivity index (χ1n) is 3.45. The Kier molecular flexibility index (Phi) is 2.76. The fraction of sp³-hybridized carbons (Fsp3) is 0.125. The van der Waals surface area contributed by atoms with Gasteiger partial charge in [0.25, 0.3) is 0 Å². The Labute approximate surface area is 69.3 Å². The van der Waals surface area contributed by atoms with Gasteiger partial charge in [-0.05, 0) is 12.1 Å². The van der Waals surface area contributed by atoms with E-state index in [1.165, 1.54) is 24.3 Å². The highest BCUT2D eigenvalue weighted by molar-refractivity contribution is 6.01. The lowest BCUT2D eigenvalue weighted by Gasteiger charge is -1.99. The molecule has 1 aromatic rings. The van der Waals surface area contributed by atoms with E-state index in [2.05, 4.69) is 5.16 Å². The molecule has 0 saturated carbocycles. The van der Waals surface area contributed by atoms with E-state index >= 15 is 0 Å². The van der Waals surface area contributed by atoms with Crippen LogP contribution in [0.2, 0.25) is 0 Å². The topological polar surface area (TPSA) is 58.6 Å². The van der Waals surface area contributed by atoms with Crippen molar-refractivity contribution < 1.29 is 9.60 Å². The molecule has 0 radical (unpaired) electrons. The first-order chi connectivity index (χ1) is 5.77. The van der Waals surface area contributed by atoms with Gasteiger partial charge in [-0.15, -0.1) is 0 Å². The maximum Gasteiger partial charge on any atom is 0.123 e. The van der Waals surface area contributed by atoms with Crippen molar-refractivity contribution in [2.24, 2.45) is 10.9 Å². The van der Waals surface area contributed by atoms with Crippen molar-refractivity contribution in [1.82, 2.24) is 0 Å². The molecular weight excluding hydrogens is 159 g/mol. The van der Waals surface area contributed by atoms with Crippen LogP contribution in [-0.4, -0.2) is 17.5 Å². The molecule has 64 valence electrons. The van der Waals surface area contributed by atoms with E-state index < -0.39 is 0 Å². The van der Waals surface area contributed by atoms with Crippen molar-refractivity contribution in [2.75, 3.05) is 6.54 Å². The van der Waals surface area contributed by atoms with Crippen molar-refractivity contribution in [3.63, 3.8) is 0 Å². The summed E-state index contributed by atoms with van der Waals surface area (Å²) in [5.41, 5.74) is 6.24. The smallest absolute Gasteiger partial charge is 0.123 e. The van der Waals surface area contributed by atoms with Gasteiger partial charge in [0, 0.05) is 12.1 Å². The van der Waals surface area contributed by atoms with Crippen LogP contribution in [-0.2, 0) is 0 Å². The lowest BCUT2D eigenvalue weighted by molar-refractivity contribution is 0.318. The molecule has 1 aromatic carbocycles. The summed E-state index contributed by atoms with van der Waals surface area (Å²) in [5, 5.41) is 11.4. The molecule has 0 aliphatic heterocycles. The van der Waals surface area contributed by atoms with Crippen LogP contribution < -0.4 is 5.73 Å². The van der Waals surface area contributed by atoms with E-state index in [0.29, 0.717) is 11.3 Å². The van der Waals surface area contributed by atoms with Crippen molar-refractivity contribution in [1.29, 1.82) is 0 Å². The Bertz CT molecular complexity index is 282. The maximum atomic E-state index is 12.4. The Morgan fingerprint density at radius 2 is 2.00 bits per heavy atom. The molecule has 0 aromatic heterocycles. The summed E-state index contributed by atoms with van der Waals surface area (Å²) in [6, 6.07) is 5.60. The summed E-state index contributed by atoms with van der Waals surface area (Å²) < 4.78 is 12.4. The SMILES string of the molecule is NC/C(=N\O)c1ccc(F)cc1. The molecule has 4 heteroatoms. The Hall–Kier alpha value is -1.42. The lowest BCUT2D eigenvalue weighted by atomic mass is 10.1. The summed E-state index contributed by atoms with van der Waals surface area (Å²) in [6.07, 6.45) is 0. The standard InChI is InChI=1S/C8H9FN2O/c9-7-3-1-6(2-4-7)8(5-10)11-12/h1-4,12H,5,10H2/b11-8+. The highest BCUT2D eigenvalue weighted by Gasteiger charge is 2.00. The zero-order valence-electron chi connectivity index (χ0n) is 6.37. The third-order valence-electron chi connectivity index (χ3n) is 1.49. The number of nitrogens with zero attached hydrogens (tertiary/aromatic N) is 1. The molecular formula is C8H9FN2O. The quantitative estimate of drug-likeness (QED) is 0.392. The van der Waals surface area contributed by atoms with E-state index in [1.807, 2.05) is 0 Å². The van der Waals surface area contributed by atoms with Crippen molar-refractivity contribution in [2.45, 2.75) is 0 Å². The Morgan fingerprint density at radius 3 is 2.42 bits per heavy atom. The van der Waals surface area contributed by atoms with Crippen LogP contribution in [0.1, 0.15) is 5.56 Å². The second-order valence-electron chi connectivity index (χ2n) is 2.26. The molecule has 0 aliphatic rings. The molecule has 0 saturated heterocycles. The lowest BCUT2D eigenvalue weighted by Crippen LogP contribution is -2.14. The van der Waals surface area contributed by atoms with Crippen LogP contribution >= 0.6 is 0 Å². The number of rotatable bonds is 2. The first kappa shape index (κ1) is 8.67. The van der Waals surface area contributed by atoms with Gasteiger partial charge in [-0.3, -0.25) is 0 Å². The second-order valence-corrected chi connectivity index (χ2v) is 2.26. The summed E-state index contributed by atoms with van der Waals surface area (Å²) in [7, 11) is 0. The van der Waals surface area contributed by atoms with Gasteiger partial charge >= 0.3 is 0 Å². The van der Waals surface area contributed by atoms with Crippen LogP contribution in [0, 0.1) is 5.82 Å². The molecule has 0 aliphatic carbocycles. The minimum atomic E-state index is -0.326. The second kappa shape index (κ2) is 3.82. The Balaban J connectivity index is 2.96. The van der Waals surface area contributed by atoms with Gasteiger partial charge in [0.1, 0.15) is 11.5 Å². The largest absolute Gasteiger partial charge is 0.411 e. The molecule has 0 heterocycles. The minimum Gasteiger partial charge on any atom is -0.411 e. The molecule has 0 spiro atoms. The van der Waals surface area contributed by atoms with Crippen LogP contribution in [0.15, 0.2) is 29.4 Å². The van der Waals surface area contributed by atoms with E-state index in [1.54, 1.807) is 0 Å². The highest BCUT2D eigenvalue weighted by atomic mass is 19.1. The molecule has 0 amide bonds. The number of halogens is 1. The molecule has 0 unspecified atom stereocenters. The van der Waals surface area contributed by atoms with Crippen molar-refractivity contribution in [3.05, 3.63) is 35.6 Å². The zero-order valence-corrected chi connectivity index (χ0v) is 6.37. The van der Waals surface area contributed by atoms with Gasteiger partial charge in [-0.1, -0.05) is 17.3 Å². The predicted octanol–water partition coefficient (Wildman–Crippen LogP) is 0.963. The fourth-order valence-corrected chi connectivity index (χ4v) is 0.859. The molecule has 0 fully saturated rings. The average molecular weight is 168 g/mol. The summed E-state index contributed by atoms with van der Waals surface area (Å²) in [4.78, 5) is 0.